The maximum absolute atomic E-state index is 6.59. The van der Waals surface area contributed by atoms with Gasteiger partial charge in [0, 0.05) is 5.69 Å². The Hall–Kier alpha value is -2.53. The molecule has 1 heterocycles. The fourth-order valence-electron chi connectivity index (χ4n) is 3.85. The summed E-state index contributed by atoms with van der Waals surface area (Å²) in [6, 6.07) is 17.3. The van der Waals surface area contributed by atoms with Crippen LogP contribution in [0.1, 0.15) is 64.5 Å². The van der Waals surface area contributed by atoms with Crippen molar-refractivity contribution in [3.05, 3.63) is 59.7 Å². The quantitative estimate of drug-likeness (QED) is 0.338. The van der Waals surface area contributed by atoms with Crippen molar-refractivity contribution in [1.82, 2.24) is 5.32 Å². The molecule has 0 aliphatic carbocycles. The van der Waals surface area contributed by atoms with E-state index >= 15 is 0 Å². The molecule has 0 saturated carbocycles. The average molecular weight is 437 g/mol. The van der Waals surface area contributed by atoms with Crippen molar-refractivity contribution in [2.24, 2.45) is 10.7 Å². The number of piperidine rings is 1. The van der Waals surface area contributed by atoms with Gasteiger partial charge in [-0.05, 0) is 73.2 Å². The summed E-state index contributed by atoms with van der Waals surface area (Å²) < 4.78 is 5.84. The van der Waals surface area contributed by atoms with E-state index in [1.54, 1.807) is 0 Å². The van der Waals surface area contributed by atoms with E-state index < -0.39 is 0 Å². The van der Waals surface area contributed by atoms with Gasteiger partial charge >= 0.3 is 0 Å². The molecule has 0 spiro atoms. The van der Waals surface area contributed by atoms with Gasteiger partial charge in [0.25, 0.3) is 0 Å². The normalized spacial score (nSPS) is 15.6. The molecule has 2 aromatic rings. The number of guanidine groups is 1. The monoisotopic (exact) mass is 436 g/mol. The fourth-order valence-corrected chi connectivity index (χ4v) is 3.85. The zero-order chi connectivity index (χ0) is 23.0. The lowest BCUT2D eigenvalue weighted by molar-refractivity contribution is 0.309. The fraction of sp³-hybridized carbons (Fsp3) is 0.519. The van der Waals surface area contributed by atoms with Crippen LogP contribution in [0, 0.1) is 0 Å². The van der Waals surface area contributed by atoms with Crippen LogP contribution in [0.2, 0.25) is 0 Å². The van der Waals surface area contributed by atoms with Gasteiger partial charge in [0.05, 0.1) is 19.2 Å². The number of aliphatic imine (C=N–C) groups is 1. The van der Waals surface area contributed by atoms with Crippen LogP contribution in [0.5, 0.6) is 5.75 Å². The van der Waals surface area contributed by atoms with Crippen LogP contribution in [-0.2, 0) is 12.0 Å². The summed E-state index contributed by atoms with van der Waals surface area (Å²) >= 11 is 0. The number of benzene rings is 2. The molecular formula is C27H40N4O. The SMILES string of the molecule is CCCCOc1ccc(N(Cc2ccc(C(C)(C)C)cc2)C(N)=NC2CCNCC2)cc1. The second kappa shape index (κ2) is 11.4. The predicted molar refractivity (Wildman–Crippen MR) is 136 cm³/mol. The van der Waals surface area contributed by atoms with Gasteiger partial charge in [-0.25, -0.2) is 4.99 Å². The highest BCUT2D eigenvalue weighted by Gasteiger charge is 2.18. The number of nitrogens with one attached hydrogen (secondary N) is 1. The summed E-state index contributed by atoms with van der Waals surface area (Å²) in [5.41, 5.74) is 10.3. The smallest absolute Gasteiger partial charge is 0.196 e. The molecule has 0 bridgehead atoms. The van der Waals surface area contributed by atoms with E-state index in [2.05, 4.69) is 74.3 Å². The molecule has 174 valence electrons. The zero-order valence-corrected chi connectivity index (χ0v) is 20.2. The lowest BCUT2D eigenvalue weighted by Gasteiger charge is -2.27. The molecule has 2 aromatic carbocycles. The number of nitrogens with zero attached hydrogens (tertiary/aromatic N) is 2. The zero-order valence-electron chi connectivity index (χ0n) is 20.2. The maximum atomic E-state index is 6.59. The first kappa shape index (κ1) is 24.1. The third kappa shape index (κ3) is 6.99. The number of hydrogen-bond acceptors (Lipinski definition) is 3. The highest BCUT2D eigenvalue weighted by Crippen LogP contribution is 2.25. The number of anilines is 1. The lowest BCUT2D eigenvalue weighted by atomic mass is 9.87. The molecule has 1 aliphatic rings. The Morgan fingerprint density at radius 1 is 1.06 bits per heavy atom. The van der Waals surface area contributed by atoms with Crippen LogP contribution in [0.15, 0.2) is 53.5 Å². The minimum absolute atomic E-state index is 0.140. The minimum Gasteiger partial charge on any atom is -0.494 e. The van der Waals surface area contributed by atoms with Gasteiger partial charge in [0.1, 0.15) is 5.75 Å². The number of hydrogen-bond donors (Lipinski definition) is 2. The third-order valence-electron chi connectivity index (χ3n) is 5.98. The number of unbranched alkanes of at least 4 members (excludes halogenated alkanes) is 1. The Kier molecular flexibility index (Phi) is 8.57. The third-order valence-corrected chi connectivity index (χ3v) is 5.98. The van der Waals surface area contributed by atoms with E-state index in [0.717, 1.165) is 56.8 Å². The van der Waals surface area contributed by atoms with Crippen LogP contribution in [-0.4, -0.2) is 31.7 Å². The Balaban J connectivity index is 1.81. The van der Waals surface area contributed by atoms with Crippen molar-refractivity contribution in [2.45, 2.75) is 71.4 Å². The van der Waals surface area contributed by atoms with Crippen molar-refractivity contribution in [2.75, 3.05) is 24.6 Å². The topological polar surface area (TPSA) is 62.9 Å². The highest BCUT2D eigenvalue weighted by atomic mass is 16.5. The Morgan fingerprint density at radius 2 is 1.72 bits per heavy atom. The van der Waals surface area contributed by atoms with Crippen LogP contribution < -0.4 is 20.7 Å². The molecule has 5 nitrogen and oxygen atoms in total. The number of nitrogens with two attached hydrogens (primary N) is 1. The van der Waals surface area contributed by atoms with Gasteiger partial charge in [-0.15, -0.1) is 0 Å². The highest BCUT2D eigenvalue weighted by molar-refractivity contribution is 5.95. The molecule has 5 heteroatoms. The second-order valence-electron chi connectivity index (χ2n) is 9.70. The van der Waals surface area contributed by atoms with Crippen molar-refractivity contribution in [3.8, 4) is 5.75 Å². The van der Waals surface area contributed by atoms with Gasteiger partial charge in [0.15, 0.2) is 5.96 Å². The van der Waals surface area contributed by atoms with E-state index in [1.807, 2.05) is 12.1 Å². The molecule has 32 heavy (non-hydrogen) atoms. The molecule has 0 aromatic heterocycles. The summed E-state index contributed by atoms with van der Waals surface area (Å²) in [6.45, 7) is 12.3. The minimum atomic E-state index is 0.140. The molecule has 3 rings (SSSR count). The molecule has 1 aliphatic heterocycles. The van der Waals surface area contributed by atoms with Crippen molar-refractivity contribution < 1.29 is 4.74 Å². The Bertz CT molecular complexity index is 847. The van der Waals surface area contributed by atoms with Gasteiger partial charge < -0.3 is 20.7 Å². The first-order valence-electron chi connectivity index (χ1n) is 12.0. The molecule has 0 amide bonds. The number of ether oxygens (including phenoxy) is 1. The second-order valence-corrected chi connectivity index (χ2v) is 9.70. The van der Waals surface area contributed by atoms with E-state index in [0.29, 0.717) is 12.5 Å². The predicted octanol–water partition coefficient (Wildman–Crippen LogP) is 5.24. The first-order chi connectivity index (χ1) is 15.4. The van der Waals surface area contributed by atoms with Crippen LogP contribution in [0.3, 0.4) is 0 Å². The molecule has 0 atom stereocenters. The molecule has 1 saturated heterocycles. The van der Waals surface area contributed by atoms with E-state index in [-0.39, 0.29) is 11.5 Å². The average Bonchev–Trinajstić information content (AvgIpc) is 2.78. The van der Waals surface area contributed by atoms with Crippen molar-refractivity contribution in [1.29, 1.82) is 0 Å². The Labute approximate surface area is 194 Å². The van der Waals surface area contributed by atoms with E-state index in [1.165, 1.54) is 11.1 Å². The van der Waals surface area contributed by atoms with Crippen molar-refractivity contribution >= 4 is 11.6 Å². The van der Waals surface area contributed by atoms with E-state index in [9.17, 15) is 0 Å². The van der Waals surface area contributed by atoms with Crippen LogP contribution >= 0.6 is 0 Å². The molecule has 3 N–H and O–H groups in total. The van der Waals surface area contributed by atoms with Gasteiger partial charge in [-0.3, -0.25) is 0 Å². The lowest BCUT2D eigenvalue weighted by Crippen LogP contribution is -2.39. The summed E-state index contributed by atoms with van der Waals surface area (Å²) in [4.78, 5) is 7.01. The Morgan fingerprint density at radius 3 is 2.31 bits per heavy atom. The maximum Gasteiger partial charge on any atom is 0.196 e. The summed E-state index contributed by atoms with van der Waals surface area (Å²) in [5, 5.41) is 3.40. The van der Waals surface area contributed by atoms with Crippen LogP contribution in [0.4, 0.5) is 5.69 Å². The largest absolute Gasteiger partial charge is 0.494 e. The summed E-state index contributed by atoms with van der Waals surface area (Å²) in [7, 11) is 0. The summed E-state index contributed by atoms with van der Waals surface area (Å²) in [6.07, 6.45) is 4.25. The number of rotatable bonds is 8. The molecule has 0 unspecified atom stereocenters. The summed E-state index contributed by atoms with van der Waals surface area (Å²) in [5.74, 6) is 1.47. The molecular weight excluding hydrogens is 396 g/mol. The molecule has 1 fully saturated rings. The van der Waals surface area contributed by atoms with E-state index in [4.69, 9.17) is 15.5 Å². The van der Waals surface area contributed by atoms with Gasteiger partial charge in [-0.1, -0.05) is 58.4 Å². The standard InChI is InChI=1S/C27H40N4O/c1-5-6-19-32-25-13-11-24(12-14-25)31(26(28)30-23-15-17-29-18-16-23)20-21-7-9-22(10-8-21)27(2,3)4/h7-14,23,29H,5-6,15-20H2,1-4H3,(H2,28,30). The van der Waals surface area contributed by atoms with Crippen molar-refractivity contribution in [3.63, 3.8) is 0 Å². The van der Waals surface area contributed by atoms with Crippen LogP contribution in [0.25, 0.3) is 0 Å². The van der Waals surface area contributed by atoms with Gasteiger partial charge in [0.2, 0.25) is 0 Å². The van der Waals surface area contributed by atoms with Gasteiger partial charge in [-0.2, -0.15) is 0 Å². The molecule has 0 radical (unpaired) electrons. The first-order valence-corrected chi connectivity index (χ1v) is 12.0.